The zero-order valence-corrected chi connectivity index (χ0v) is 14.0. The lowest BCUT2D eigenvalue weighted by Gasteiger charge is -2.36. The third kappa shape index (κ3) is 4.64. The van der Waals surface area contributed by atoms with Crippen LogP contribution < -0.4 is 15.4 Å². The first-order valence-electron chi connectivity index (χ1n) is 8.02. The van der Waals surface area contributed by atoms with Gasteiger partial charge >= 0.3 is 6.61 Å². The van der Waals surface area contributed by atoms with Crippen molar-refractivity contribution in [2.24, 2.45) is 5.41 Å². The number of benzene rings is 1. The van der Waals surface area contributed by atoms with Crippen LogP contribution in [-0.2, 0) is 9.53 Å². The van der Waals surface area contributed by atoms with Crippen molar-refractivity contribution in [1.29, 1.82) is 0 Å². The molecule has 24 heavy (non-hydrogen) atoms. The molecule has 1 atom stereocenters. The summed E-state index contributed by atoms with van der Waals surface area (Å²) in [6.45, 7) is 0.846. The Kier molecular flexibility index (Phi) is 6.51. The van der Waals surface area contributed by atoms with E-state index in [9.17, 15) is 13.6 Å². The minimum atomic E-state index is -2.87. The van der Waals surface area contributed by atoms with Crippen LogP contribution in [0.2, 0.25) is 0 Å². The normalized spacial score (nSPS) is 18.2. The summed E-state index contributed by atoms with van der Waals surface area (Å²) in [6, 6.07) is 6.06. The maximum absolute atomic E-state index is 12.8. The summed E-state index contributed by atoms with van der Waals surface area (Å²) in [5.74, 6) is 0.00982. The SMILES string of the molecule is COCC1(C(=O)NC(C)c2cccc(OC(F)F)c2)CCNCC1. The number of hydrogen-bond acceptors (Lipinski definition) is 4. The first-order valence-corrected chi connectivity index (χ1v) is 8.02. The average Bonchev–Trinajstić information content (AvgIpc) is 2.55. The zero-order valence-electron chi connectivity index (χ0n) is 14.0. The van der Waals surface area contributed by atoms with E-state index in [0.717, 1.165) is 13.1 Å². The highest BCUT2D eigenvalue weighted by atomic mass is 19.3. The Morgan fingerprint density at radius 1 is 1.38 bits per heavy atom. The molecule has 0 radical (unpaired) electrons. The van der Waals surface area contributed by atoms with Crippen molar-refractivity contribution < 1.29 is 23.0 Å². The molecular formula is C17H24F2N2O3. The predicted molar refractivity (Wildman–Crippen MR) is 86.0 cm³/mol. The number of halogens is 2. The molecule has 0 aliphatic carbocycles. The van der Waals surface area contributed by atoms with Gasteiger partial charge in [-0.25, -0.2) is 0 Å². The van der Waals surface area contributed by atoms with Crippen molar-refractivity contribution in [3.8, 4) is 5.75 Å². The molecular weight excluding hydrogens is 318 g/mol. The quantitative estimate of drug-likeness (QED) is 0.799. The Bertz CT molecular complexity index is 543. The third-order valence-corrected chi connectivity index (χ3v) is 4.39. The van der Waals surface area contributed by atoms with Crippen molar-refractivity contribution in [3.05, 3.63) is 29.8 Å². The van der Waals surface area contributed by atoms with Crippen molar-refractivity contribution in [2.75, 3.05) is 26.8 Å². The van der Waals surface area contributed by atoms with Crippen LogP contribution in [0.4, 0.5) is 8.78 Å². The molecule has 1 amide bonds. The number of hydrogen-bond donors (Lipinski definition) is 2. The Labute approximate surface area is 140 Å². The molecule has 1 aromatic carbocycles. The van der Waals surface area contributed by atoms with Crippen LogP contribution in [0.15, 0.2) is 24.3 Å². The molecule has 0 aromatic heterocycles. The molecule has 0 bridgehead atoms. The van der Waals surface area contributed by atoms with Crippen molar-refractivity contribution in [2.45, 2.75) is 32.4 Å². The van der Waals surface area contributed by atoms with Gasteiger partial charge < -0.3 is 20.1 Å². The summed E-state index contributed by atoms with van der Waals surface area (Å²) in [7, 11) is 1.59. The van der Waals surface area contributed by atoms with Crippen LogP contribution in [0, 0.1) is 5.41 Å². The summed E-state index contributed by atoms with van der Waals surface area (Å²) >= 11 is 0. The number of ether oxygens (including phenoxy) is 2. The van der Waals surface area contributed by atoms with Gasteiger partial charge in [0.2, 0.25) is 5.91 Å². The standard InChI is InChI=1S/C17H24F2N2O3/c1-12(13-4-3-5-14(10-13)24-16(18)19)21-15(22)17(11-23-2)6-8-20-9-7-17/h3-5,10,12,16,20H,6-9,11H2,1-2H3,(H,21,22). The van der Waals surface area contributed by atoms with Crippen molar-refractivity contribution in [1.82, 2.24) is 10.6 Å². The molecule has 2 N–H and O–H groups in total. The van der Waals surface area contributed by atoms with E-state index in [1.807, 2.05) is 6.92 Å². The highest BCUT2D eigenvalue weighted by molar-refractivity contribution is 5.83. The molecule has 1 aliphatic heterocycles. The molecule has 2 rings (SSSR count). The van der Waals surface area contributed by atoms with E-state index in [1.54, 1.807) is 19.2 Å². The van der Waals surface area contributed by atoms with Gasteiger partial charge in [0.15, 0.2) is 0 Å². The van der Waals surface area contributed by atoms with Crippen LogP contribution in [-0.4, -0.2) is 39.3 Å². The summed E-state index contributed by atoms with van der Waals surface area (Å²) in [6.07, 6.45) is 1.40. The minimum absolute atomic E-state index is 0.0708. The van der Waals surface area contributed by atoms with E-state index in [1.165, 1.54) is 12.1 Å². The molecule has 0 spiro atoms. The molecule has 5 nitrogen and oxygen atoms in total. The van der Waals surface area contributed by atoms with Gasteiger partial charge in [-0.3, -0.25) is 4.79 Å². The first-order chi connectivity index (χ1) is 11.5. The largest absolute Gasteiger partial charge is 0.435 e. The summed E-state index contributed by atoms with van der Waals surface area (Å²) in [5, 5.41) is 6.22. The Morgan fingerprint density at radius 3 is 2.71 bits per heavy atom. The number of piperidine rings is 1. The second-order valence-corrected chi connectivity index (χ2v) is 6.11. The van der Waals surface area contributed by atoms with E-state index >= 15 is 0 Å². The summed E-state index contributed by atoms with van der Waals surface area (Å²) in [5.41, 5.74) is 0.161. The molecule has 134 valence electrons. The molecule has 0 saturated carbocycles. The van der Waals surface area contributed by atoms with Crippen LogP contribution in [0.25, 0.3) is 0 Å². The average molecular weight is 342 g/mol. The number of methoxy groups -OCH3 is 1. The molecule has 1 saturated heterocycles. The fourth-order valence-corrected chi connectivity index (χ4v) is 3.01. The maximum Gasteiger partial charge on any atom is 0.387 e. The number of nitrogens with one attached hydrogen (secondary N) is 2. The van der Waals surface area contributed by atoms with Crippen LogP contribution in [0.1, 0.15) is 31.4 Å². The van der Waals surface area contributed by atoms with Gasteiger partial charge in [-0.15, -0.1) is 0 Å². The van der Waals surface area contributed by atoms with E-state index < -0.39 is 12.0 Å². The maximum atomic E-state index is 12.8. The molecule has 1 fully saturated rings. The predicted octanol–water partition coefficient (Wildman–Crippen LogP) is 2.48. The Hall–Kier alpha value is -1.73. The highest BCUT2D eigenvalue weighted by Crippen LogP contribution is 2.31. The molecule has 1 aliphatic rings. The monoisotopic (exact) mass is 342 g/mol. The smallest absolute Gasteiger partial charge is 0.387 e. The Morgan fingerprint density at radius 2 is 2.08 bits per heavy atom. The van der Waals surface area contributed by atoms with E-state index in [2.05, 4.69) is 15.4 Å². The minimum Gasteiger partial charge on any atom is -0.435 e. The second kappa shape index (κ2) is 8.39. The fraction of sp³-hybridized carbons (Fsp3) is 0.588. The van der Waals surface area contributed by atoms with Gasteiger partial charge in [-0.05, 0) is 50.6 Å². The van der Waals surface area contributed by atoms with Gasteiger partial charge in [0.1, 0.15) is 5.75 Å². The van der Waals surface area contributed by atoms with E-state index in [-0.39, 0.29) is 17.7 Å². The number of alkyl halides is 2. The van der Waals surface area contributed by atoms with Crippen molar-refractivity contribution in [3.63, 3.8) is 0 Å². The summed E-state index contributed by atoms with van der Waals surface area (Å²) in [4.78, 5) is 12.8. The number of carbonyl (C=O) groups is 1. The van der Waals surface area contributed by atoms with Crippen LogP contribution >= 0.6 is 0 Å². The Balaban J connectivity index is 2.07. The third-order valence-electron chi connectivity index (χ3n) is 4.39. The van der Waals surface area contributed by atoms with Gasteiger partial charge in [0.05, 0.1) is 18.1 Å². The van der Waals surface area contributed by atoms with Gasteiger partial charge in [-0.2, -0.15) is 8.78 Å². The van der Waals surface area contributed by atoms with Crippen LogP contribution in [0.5, 0.6) is 5.75 Å². The molecule has 7 heteroatoms. The zero-order chi connectivity index (χ0) is 17.6. The van der Waals surface area contributed by atoms with Crippen LogP contribution in [0.3, 0.4) is 0 Å². The molecule has 1 unspecified atom stereocenters. The second-order valence-electron chi connectivity index (χ2n) is 6.11. The highest BCUT2D eigenvalue weighted by Gasteiger charge is 2.40. The number of rotatable bonds is 7. The lowest BCUT2D eigenvalue weighted by atomic mass is 9.78. The lowest BCUT2D eigenvalue weighted by molar-refractivity contribution is -0.136. The lowest BCUT2D eigenvalue weighted by Crippen LogP contribution is -2.50. The van der Waals surface area contributed by atoms with E-state index in [4.69, 9.17) is 4.74 Å². The van der Waals surface area contributed by atoms with Crippen molar-refractivity contribution >= 4 is 5.91 Å². The van der Waals surface area contributed by atoms with Gasteiger partial charge in [0, 0.05) is 7.11 Å². The molecule has 1 aromatic rings. The number of amides is 1. The molecule has 1 heterocycles. The fourth-order valence-electron chi connectivity index (χ4n) is 3.01. The topological polar surface area (TPSA) is 59.6 Å². The van der Waals surface area contributed by atoms with Gasteiger partial charge in [-0.1, -0.05) is 12.1 Å². The van der Waals surface area contributed by atoms with E-state index in [0.29, 0.717) is 25.0 Å². The summed E-state index contributed by atoms with van der Waals surface area (Å²) < 4.78 is 34.3. The number of carbonyl (C=O) groups excluding carboxylic acids is 1. The van der Waals surface area contributed by atoms with Gasteiger partial charge in [0.25, 0.3) is 0 Å². The first kappa shape index (κ1) is 18.6.